The average Bonchev–Trinajstić information content (AvgIpc) is 2.22. The van der Waals surface area contributed by atoms with Crippen LogP contribution in [0.2, 0.25) is 0 Å². The third-order valence-electron chi connectivity index (χ3n) is 3.11. The van der Waals surface area contributed by atoms with Gasteiger partial charge >= 0.3 is 5.97 Å². The highest BCUT2D eigenvalue weighted by molar-refractivity contribution is 5.69. The maximum atomic E-state index is 10.8. The number of rotatable bonds is 8. The van der Waals surface area contributed by atoms with Crippen LogP contribution in [0.3, 0.4) is 0 Å². The number of nitrogens with zero attached hydrogens (tertiary/aromatic N) is 1. The van der Waals surface area contributed by atoms with Gasteiger partial charge in [0.2, 0.25) is 0 Å². The molecule has 0 aliphatic rings. The average molecular weight is 231 g/mol. The SMILES string of the molecule is CCC(C)N(CCC(C)(C)OC)CC(=O)O. The molecular weight excluding hydrogens is 206 g/mol. The van der Waals surface area contributed by atoms with E-state index in [4.69, 9.17) is 9.84 Å². The van der Waals surface area contributed by atoms with E-state index in [0.717, 1.165) is 19.4 Å². The summed E-state index contributed by atoms with van der Waals surface area (Å²) >= 11 is 0. The maximum absolute atomic E-state index is 10.8. The molecule has 0 radical (unpaired) electrons. The number of methoxy groups -OCH3 is 1. The lowest BCUT2D eigenvalue weighted by Crippen LogP contribution is -2.40. The van der Waals surface area contributed by atoms with Crippen molar-refractivity contribution in [3.8, 4) is 0 Å². The quantitative estimate of drug-likeness (QED) is 0.694. The first kappa shape index (κ1) is 15.4. The Morgan fingerprint density at radius 1 is 1.50 bits per heavy atom. The molecule has 0 saturated heterocycles. The molecule has 4 nitrogen and oxygen atoms in total. The lowest BCUT2D eigenvalue weighted by molar-refractivity contribution is -0.139. The van der Waals surface area contributed by atoms with Crippen LogP contribution in [0.15, 0.2) is 0 Å². The first-order valence-corrected chi connectivity index (χ1v) is 5.83. The van der Waals surface area contributed by atoms with Crippen LogP contribution < -0.4 is 0 Å². The van der Waals surface area contributed by atoms with Gasteiger partial charge in [-0.15, -0.1) is 0 Å². The van der Waals surface area contributed by atoms with Crippen molar-refractivity contribution < 1.29 is 14.6 Å². The number of carboxylic acid groups (broad SMARTS) is 1. The number of carbonyl (C=O) groups is 1. The van der Waals surface area contributed by atoms with Gasteiger partial charge in [-0.2, -0.15) is 0 Å². The zero-order chi connectivity index (χ0) is 12.8. The number of hydrogen-bond acceptors (Lipinski definition) is 3. The summed E-state index contributed by atoms with van der Waals surface area (Å²) in [6.45, 7) is 9.02. The highest BCUT2D eigenvalue weighted by Gasteiger charge is 2.21. The summed E-state index contributed by atoms with van der Waals surface area (Å²) in [5, 5.41) is 8.84. The highest BCUT2D eigenvalue weighted by Crippen LogP contribution is 2.15. The van der Waals surface area contributed by atoms with Crippen LogP contribution in [0.1, 0.15) is 40.5 Å². The first-order valence-electron chi connectivity index (χ1n) is 5.83. The van der Waals surface area contributed by atoms with Crippen molar-refractivity contribution >= 4 is 5.97 Å². The van der Waals surface area contributed by atoms with Crippen molar-refractivity contribution in [2.45, 2.75) is 52.2 Å². The summed E-state index contributed by atoms with van der Waals surface area (Å²) in [4.78, 5) is 12.7. The lowest BCUT2D eigenvalue weighted by atomic mass is 10.0. The van der Waals surface area contributed by atoms with E-state index in [0.29, 0.717) is 6.04 Å². The van der Waals surface area contributed by atoms with Crippen LogP contribution in [-0.4, -0.2) is 47.8 Å². The Morgan fingerprint density at radius 2 is 2.06 bits per heavy atom. The Kier molecular flexibility index (Phi) is 6.60. The minimum absolute atomic E-state index is 0.106. The molecular formula is C12H25NO3. The molecule has 0 saturated carbocycles. The maximum Gasteiger partial charge on any atom is 0.317 e. The van der Waals surface area contributed by atoms with Crippen LogP contribution in [0.4, 0.5) is 0 Å². The second-order valence-corrected chi connectivity index (χ2v) is 4.84. The molecule has 1 atom stereocenters. The van der Waals surface area contributed by atoms with Crippen molar-refractivity contribution in [2.75, 3.05) is 20.2 Å². The summed E-state index contributed by atoms with van der Waals surface area (Å²) in [6, 6.07) is 0.295. The van der Waals surface area contributed by atoms with Crippen molar-refractivity contribution in [2.24, 2.45) is 0 Å². The Bertz CT molecular complexity index is 216. The number of ether oxygens (including phenoxy) is 1. The largest absolute Gasteiger partial charge is 0.480 e. The third kappa shape index (κ3) is 6.08. The molecule has 0 aromatic heterocycles. The summed E-state index contributed by atoms with van der Waals surface area (Å²) in [6.07, 6.45) is 1.79. The Hall–Kier alpha value is -0.610. The summed E-state index contributed by atoms with van der Waals surface area (Å²) < 4.78 is 5.33. The molecule has 0 aliphatic heterocycles. The lowest BCUT2D eigenvalue weighted by Gasteiger charge is -2.31. The fraction of sp³-hybridized carbons (Fsp3) is 0.917. The van der Waals surface area contributed by atoms with Gasteiger partial charge in [0.15, 0.2) is 0 Å². The molecule has 16 heavy (non-hydrogen) atoms. The summed E-state index contributed by atoms with van der Waals surface area (Å²) in [7, 11) is 1.69. The van der Waals surface area contributed by atoms with Gasteiger partial charge in [0, 0.05) is 19.7 Å². The molecule has 0 aromatic carbocycles. The molecule has 1 N–H and O–H groups in total. The fourth-order valence-corrected chi connectivity index (χ4v) is 1.40. The molecule has 0 spiro atoms. The van der Waals surface area contributed by atoms with Crippen molar-refractivity contribution in [3.63, 3.8) is 0 Å². The van der Waals surface area contributed by atoms with Gasteiger partial charge < -0.3 is 9.84 Å². The van der Waals surface area contributed by atoms with Gasteiger partial charge in [0.25, 0.3) is 0 Å². The van der Waals surface area contributed by atoms with Crippen molar-refractivity contribution in [3.05, 3.63) is 0 Å². The van der Waals surface area contributed by atoms with Crippen LogP contribution in [0.5, 0.6) is 0 Å². The molecule has 0 aliphatic carbocycles. The topological polar surface area (TPSA) is 49.8 Å². The van der Waals surface area contributed by atoms with Gasteiger partial charge in [-0.1, -0.05) is 6.92 Å². The number of hydrogen-bond donors (Lipinski definition) is 1. The molecule has 0 amide bonds. The first-order chi connectivity index (χ1) is 7.32. The fourth-order valence-electron chi connectivity index (χ4n) is 1.40. The molecule has 1 unspecified atom stereocenters. The minimum Gasteiger partial charge on any atom is -0.480 e. The van der Waals surface area contributed by atoms with Gasteiger partial charge in [-0.3, -0.25) is 9.69 Å². The Morgan fingerprint density at radius 3 is 2.44 bits per heavy atom. The second-order valence-electron chi connectivity index (χ2n) is 4.84. The van der Waals surface area contributed by atoms with Crippen LogP contribution in [0.25, 0.3) is 0 Å². The van der Waals surface area contributed by atoms with Crippen LogP contribution in [-0.2, 0) is 9.53 Å². The number of carboxylic acids is 1. The monoisotopic (exact) mass is 231 g/mol. The van der Waals surface area contributed by atoms with E-state index in [2.05, 4.69) is 13.8 Å². The van der Waals surface area contributed by atoms with E-state index in [1.165, 1.54) is 0 Å². The number of aliphatic carboxylic acids is 1. The molecule has 0 bridgehead atoms. The van der Waals surface area contributed by atoms with E-state index < -0.39 is 5.97 Å². The zero-order valence-corrected chi connectivity index (χ0v) is 11.1. The summed E-state index contributed by atoms with van der Waals surface area (Å²) in [5.41, 5.74) is -0.190. The van der Waals surface area contributed by atoms with E-state index in [1.54, 1.807) is 7.11 Å². The second kappa shape index (κ2) is 6.86. The van der Waals surface area contributed by atoms with E-state index in [9.17, 15) is 4.79 Å². The molecule has 96 valence electrons. The Balaban J connectivity index is 4.26. The molecule has 0 fully saturated rings. The molecule has 4 heteroatoms. The summed E-state index contributed by atoms with van der Waals surface area (Å²) in [5.74, 6) is -0.768. The molecule has 0 aromatic rings. The van der Waals surface area contributed by atoms with Crippen molar-refractivity contribution in [1.29, 1.82) is 0 Å². The Labute approximate surface area is 98.6 Å². The van der Waals surface area contributed by atoms with E-state index in [1.807, 2.05) is 18.7 Å². The van der Waals surface area contributed by atoms with Crippen LogP contribution >= 0.6 is 0 Å². The van der Waals surface area contributed by atoms with Gasteiger partial charge in [0.05, 0.1) is 12.1 Å². The normalized spacial score (nSPS) is 14.1. The van der Waals surface area contributed by atoms with Gasteiger partial charge in [0.1, 0.15) is 0 Å². The predicted octanol–water partition coefficient (Wildman–Crippen LogP) is 1.99. The highest BCUT2D eigenvalue weighted by atomic mass is 16.5. The minimum atomic E-state index is -0.768. The third-order valence-corrected chi connectivity index (χ3v) is 3.11. The molecule has 0 rings (SSSR count). The zero-order valence-electron chi connectivity index (χ0n) is 11.1. The van der Waals surface area contributed by atoms with Crippen molar-refractivity contribution in [1.82, 2.24) is 4.90 Å². The van der Waals surface area contributed by atoms with E-state index in [-0.39, 0.29) is 12.1 Å². The molecule has 0 heterocycles. The standard InChI is InChI=1S/C12H25NO3/c1-6-10(2)13(9-11(14)15)8-7-12(3,4)16-5/h10H,6-9H2,1-5H3,(H,14,15). The van der Waals surface area contributed by atoms with Gasteiger partial charge in [-0.25, -0.2) is 0 Å². The van der Waals surface area contributed by atoms with E-state index >= 15 is 0 Å². The van der Waals surface area contributed by atoms with Gasteiger partial charge in [-0.05, 0) is 33.6 Å². The smallest absolute Gasteiger partial charge is 0.317 e. The van der Waals surface area contributed by atoms with Crippen LogP contribution in [0, 0.1) is 0 Å². The predicted molar refractivity (Wildman–Crippen MR) is 64.7 cm³/mol.